The molecule has 2 rings (SSSR count). The molecule has 0 radical (unpaired) electrons. The van der Waals surface area contributed by atoms with Gasteiger partial charge in [0.1, 0.15) is 10.5 Å². The van der Waals surface area contributed by atoms with Crippen LogP contribution in [0.3, 0.4) is 0 Å². The zero-order valence-corrected chi connectivity index (χ0v) is 12.8. The molecule has 0 atom stereocenters. The van der Waals surface area contributed by atoms with E-state index in [9.17, 15) is 13.2 Å². The van der Waals surface area contributed by atoms with Gasteiger partial charge in [0.05, 0.1) is 7.11 Å². The van der Waals surface area contributed by atoms with Crippen molar-refractivity contribution in [1.82, 2.24) is 0 Å². The Morgan fingerprint density at radius 1 is 1.09 bits per heavy atom. The number of para-hydroxylation sites is 1. The third kappa shape index (κ3) is 3.20. The van der Waals surface area contributed by atoms with Crippen molar-refractivity contribution in [1.29, 1.82) is 0 Å². The summed E-state index contributed by atoms with van der Waals surface area (Å²) in [6, 6.07) is 10.1. The van der Waals surface area contributed by atoms with Crippen molar-refractivity contribution in [3.8, 4) is 11.5 Å². The maximum absolute atomic E-state index is 12.3. The van der Waals surface area contributed by atoms with E-state index in [-0.39, 0.29) is 22.0 Å². The maximum atomic E-state index is 12.3. The van der Waals surface area contributed by atoms with Gasteiger partial charge < -0.3 is 14.0 Å². The van der Waals surface area contributed by atoms with Gasteiger partial charge in [-0.15, -0.1) is 0 Å². The fraction of sp³-hybridized carbons (Fsp3) is 0.133. The molecule has 0 amide bonds. The zero-order chi connectivity index (χ0) is 16.3. The number of ether oxygens (including phenoxy) is 1. The van der Waals surface area contributed by atoms with E-state index in [1.807, 2.05) is 6.92 Å². The zero-order valence-electron chi connectivity index (χ0n) is 11.9. The largest absolute Gasteiger partial charge is 0.493 e. The second-order valence-corrected chi connectivity index (χ2v) is 6.04. The molecule has 2 aromatic carbocycles. The van der Waals surface area contributed by atoms with Crippen LogP contribution in [0, 0.1) is 6.92 Å². The van der Waals surface area contributed by atoms with Gasteiger partial charge in [0.15, 0.2) is 11.5 Å². The van der Waals surface area contributed by atoms with Crippen molar-refractivity contribution in [2.75, 3.05) is 7.11 Å². The molecular formula is C15H14O6S. The topological polar surface area (TPSA) is 89.9 Å². The summed E-state index contributed by atoms with van der Waals surface area (Å²) in [5.74, 6) is -1.64. The molecule has 22 heavy (non-hydrogen) atoms. The first-order valence-corrected chi connectivity index (χ1v) is 7.67. The highest BCUT2D eigenvalue weighted by Crippen LogP contribution is 2.33. The summed E-state index contributed by atoms with van der Waals surface area (Å²) >= 11 is 0. The SMILES string of the molecule is COc1cccc(C(=O)O)c1OS(=O)(=O)c1ccc(C)cc1. The summed E-state index contributed by atoms with van der Waals surface area (Å²) in [6.45, 7) is 1.82. The average molecular weight is 322 g/mol. The standard InChI is InChI=1S/C15H14O6S/c1-10-6-8-11(9-7-10)22(18,19)21-14-12(15(16)17)4-3-5-13(14)20-2/h3-9H,1-2H3,(H,16,17). The molecule has 6 nitrogen and oxygen atoms in total. The van der Waals surface area contributed by atoms with Crippen LogP contribution in [0.5, 0.6) is 11.5 Å². The average Bonchev–Trinajstić information content (AvgIpc) is 2.47. The van der Waals surface area contributed by atoms with Crippen molar-refractivity contribution in [3.63, 3.8) is 0 Å². The van der Waals surface area contributed by atoms with Gasteiger partial charge in [-0.05, 0) is 31.2 Å². The van der Waals surface area contributed by atoms with Gasteiger partial charge >= 0.3 is 16.1 Å². The highest BCUT2D eigenvalue weighted by molar-refractivity contribution is 7.87. The van der Waals surface area contributed by atoms with Crippen LogP contribution in [-0.4, -0.2) is 26.6 Å². The number of rotatable bonds is 5. The number of aromatic carboxylic acids is 1. The molecular weight excluding hydrogens is 308 g/mol. The van der Waals surface area contributed by atoms with E-state index < -0.39 is 16.1 Å². The second kappa shape index (κ2) is 6.07. The Kier molecular flexibility index (Phi) is 4.37. The minimum Gasteiger partial charge on any atom is -0.493 e. The molecule has 0 spiro atoms. The van der Waals surface area contributed by atoms with Gasteiger partial charge in [-0.1, -0.05) is 23.8 Å². The molecule has 0 bridgehead atoms. The normalized spacial score (nSPS) is 11.0. The predicted molar refractivity (Wildman–Crippen MR) is 78.9 cm³/mol. The molecule has 7 heteroatoms. The first-order valence-electron chi connectivity index (χ1n) is 6.26. The molecule has 2 aromatic rings. The van der Waals surface area contributed by atoms with Gasteiger partial charge in [-0.3, -0.25) is 0 Å². The molecule has 1 N–H and O–H groups in total. The third-order valence-corrected chi connectivity index (χ3v) is 4.17. The van der Waals surface area contributed by atoms with Crippen LogP contribution < -0.4 is 8.92 Å². The predicted octanol–water partition coefficient (Wildman–Crippen LogP) is 2.47. The summed E-state index contributed by atoms with van der Waals surface area (Å²) in [5.41, 5.74) is 0.595. The van der Waals surface area contributed by atoms with Crippen molar-refractivity contribution in [3.05, 3.63) is 53.6 Å². The van der Waals surface area contributed by atoms with Crippen molar-refractivity contribution >= 4 is 16.1 Å². The number of carbonyl (C=O) groups is 1. The number of hydrogen-bond acceptors (Lipinski definition) is 5. The van der Waals surface area contributed by atoms with Gasteiger partial charge in [-0.2, -0.15) is 8.42 Å². The Balaban J connectivity index is 2.49. The number of methoxy groups -OCH3 is 1. The monoisotopic (exact) mass is 322 g/mol. The van der Waals surface area contributed by atoms with Crippen LogP contribution in [0.1, 0.15) is 15.9 Å². The van der Waals surface area contributed by atoms with E-state index >= 15 is 0 Å². The van der Waals surface area contributed by atoms with E-state index in [2.05, 4.69) is 0 Å². The molecule has 0 aliphatic rings. The van der Waals surface area contributed by atoms with E-state index in [0.29, 0.717) is 0 Å². The minimum absolute atomic E-state index is 0.0237. The molecule has 0 fully saturated rings. The molecule has 0 aliphatic heterocycles. The second-order valence-electron chi connectivity index (χ2n) is 4.49. The molecule has 0 saturated heterocycles. The van der Waals surface area contributed by atoms with Gasteiger partial charge in [0.25, 0.3) is 0 Å². The smallest absolute Gasteiger partial charge is 0.339 e. The van der Waals surface area contributed by atoms with Crippen LogP contribution in [0.25, 0.3) is 0 Å². The van der Waals surface area contributed by atoms with Crippen molar-refractivity contribution < 1.29 is 27.2 Å². The lowest BCUT2D eigenvalue weighted by atomic mass is 10.2. The van der Waals surface area contributed by atoms with Gasteiger partial charge in [-0.25, -0.2) is 4.79 Å². The van der Waals surface area contributed by atoms with E-state index in [1.165, 1.54) is 37.4 Å². The Morgan fingerprint density at radius 3 is 2.27 bits per heavy atom. The van der Waals surface area contributed by atoms with E-state index in [0.717, 1.165) is 5.56 Å². The minimum atomic E-state index is -4.16. The van der Waals surface area contributed by atoms with Gasteiger partial charge in [0, 0.05) is 0 Å². The fourth-order valence-electron chi connectivity index (χ4n) is 1.79. The fourth-order valence-corrected chi connectivity index (χ4v) is 2.75. The quantitative estimate of drug-likeness (QED) is 0.851. The maximum Gasteiger partial charge on any atom is 0.339 e. The Bertz CT molecular complexity index is 793. The number of carboxylic acid groups (broad SMARTS) is 1. The molecule has 0 aromatic heterocycles. The summed E-state index contributed by atoms with van der Waals surface area (Å²) in [7, 11) is -2.86. The number of hydrogen-bond donors (Lipinski definition) is 1. The first kappa shape index (κ1) is 15.8. The number of benzene rings is 2. The summed E-state index contributed by atoms with van der Waals surface area (Å²) < 4.78 is 34.6. The summed E-state index contributed by atoms with van der Waals surface area (Å²) in [6.07, 6.45) is 0. The lowest BCUT2D eigenvalue weighted by Crippen LogP contribution is -2.13. The lowest BCUT2D eigenvalue weighted by molar-refractivity contribution is 0.0694. The van der Waals surface area contributed by atoms with Crippen LogP contribution in [0.4, 0.5) is 0 Å². The summed E-state index contributed by atoms with van der Waals surface area (Å²) in [5, 5.41) is 9.16. The molecule has 116 valence electrons. The molecule has 0 unspecified atom stereocenters. The Morgan fingerprint density at radius 2 is 1.73 bits per heavy atom. The van der Waals surface area contributed by atoms with E-state index in [1.54, 1.807) is 12.1 Å². The van der Waals surface area contributed by atoms with Crippen LogP contribution in [0.15, 0.2) is 47.4 Å². The highest BCUT2D eigenvalue weighted by Gasteiger charge is 2.24. The first-order chi connectivity index (χ1) is 10.3. The molecule has 0 heterocycles. The Labute approximate surface area is 128 Å². The van der Waals surface area contributed by atoms with Crippen molar-refractivity contribution in [2.24, 2.45) is 0 Å². The number of aryl methyl sites for hydroxylation is 1. The molecule has 0 saturated carbocycles. The summed E-state index contributed by atoms with van der Waals surface area (Å²) in [4.78, 5) is 11.2. The highest BCUT2D eigenvalue weighted by atomic mass is 32.2. The lowest BCUT2D eigenvalue weighted by Gasteiger charge is -2.13. The van der Waals surface area contributed by atoms with Gasteiger partial charge in [0.2, 0.25) is 0 Å². The third-order valence-electron chi connectivity index (χ3n) is 2.93. The van der Waals surface area contributed by atoms with Crippen LogP contribution in [-0.2, 0) is 10.1 Å². The Hall–Kier alpha value is -2.54. The van der Waals surface area contributed by atoms with Crippen LogP contribution in [0.2, 0.25) is 0 Å². The van der Waals surface area contributed by atoms with Crippen molar-refractivity contribution in [2.45, 2.75) is 11.8 Å². The number of carboxylic acids is 1. The van der Waals surface area contributed by atoms with Crippen LogP contribution >= 0.6 is 0 Å². The molecule has 0 aliphatic carbocycles. The van der Waals surface area contributed by atoms with E-state index in [4.69, 9.17) is 14.0 Å².